The van der Waals surface area contributed by atoms with Gasteiger partial charge in [0.2, 0.25) is 5.91 Å². The SMILES string of the molecule is NC(=O)C1(N2CCCCC2)CCN(C(=O)c2cc(-c3ccc(Cl)cc3Cl)n(-c3ccc(Cl)cc3)c2CCCOCCO)CC1. The number of likely N-dealkylation sites (tertiary alicyclic amines) is 2. The number of piperidine rings is 2. The lowest BCUT2D eigenvalue weighted by Gasteiger charge is -2.48. The number of ether oxygens (including phenoxy) is 1. The van der Waals surface area contributed by atoms with Gasteiger partial charge in [0.25, 0.3) is 5.91 Å². The Bertz CT molecular complexity index is 1460. The van der Waals surface area contributed by atoms with Gasteiger partial charge in [-0.15, -0.1) is 0 Å². The minimum absolute atomic E-state index is 0.0523. The number of amides is 2. The standard InChI is InChI=1S/C33H39Cl3N4O4/c34-23-6-9-25(10-7-23)40-29(5-4-19-44-20-18-41)27(22-30(40)26-11-8-24(35)21-28(26)36)31(42)38-16-12-33(13-17-38,32(37)43)39-14-2-1-3-15-39/h6-11,21-22,41H,1-5,12-20H2,(H2,37,43). The largest absolute Gasteiger partial charge is 0.394 e. The second-order valence-electron chi connectivity index (χ2n) is 11.5. The van der Waals surface area contributed by atoms with Gasteiger partial charge < -0.3 is 25.0 Å². The van der Waals surface area contributed by atoms with Gasteiger partial charge in [0, 0.05) is 46.7 Å². The Morgan fingerprint density at radius 1 is 0.886 bits per heavy atom. The Hall–Kier alpha value is -2.59. The van der Waals surface area contributed by atoms with Gasteiger partial charge in [-0.1, -0.05) is 41.2 Å². The van der Waals surface area contributed by atoms with Crippen molar-refractivity contribution in [3.8, 4) is 16.9 Å². The molecule has 3 aromatic rings. The highest BCUT2D eigenvalue weighted by atomic mass is 35.5. The highest BCUT2D eigenvalue weighted by Crippen LogP contribution is 2.38. The average Bonchev–Trinajstić information content (AvgIpc) is 3.40. The van der Waals surface area contributed by atoms with E-state index in [1.54, 1.807) is 12.1 Å². The quantitative estimate of drug-likeness (QED) is 0.246. The Kier molecular flexibility index (Phi) is 10.9. The van der Waals surface area contributed by atoms with E-state index in [4.69, 9.17) is 50.4 Å². The highest BCUT2D eigenvalue weighted by Gasteiger charge is 2.46. The van der Waals surface area contributed by atoms with Gasteiger partial charge in [-0.2, -0.15) is 0 Å². The molecule has 0 unspecified atom stereocenters. The topological polar surface area (TPSA) is 101 Å². The van der Waals surface area contributed by atoms with Gasteiger partial charge in [-0.3, -0.25) is 14.5 Å². The summed E-state index contributed by atoms with van der Waals surface area (Å²) in [5, 5.41) is 10.7. The molecule has 2 fully saturated rings. The summed E-state index contributed by atoms with van der Waals surface area (Å²) in [4.78, 5) is 31.3. The number of aromatic nitrogens is 1. The third-order valence-electron chi connectivity index (χ3n) is 8.86. The molecule has 3 heterocycles. The van der Waals surface area contributed by atoms with Crippen LogP contribution in [-0.2, 0) is 16.0 Å². The first-order chi connectivity index (χ1) is 21.2. The first kappa shape index (κ1) is 32.8. The molecular weight excluding hydrogens is 623 g/mol. The lowest BCUT2D eigenvalue weighted by molar-refractivity contribution is -0.134. The summed E-state index contributed by atoms with van der Waals surface area (Å²) in [6.45, 7) is 3.20. The number of rotatable bonds is 11. The van der Waals surface area contributed by atoms with Crippen LogP contribution in [0.1, 0.15) is 54.6 Å². The molecular formula is C33H39Cl3N4O4. The third kappa shape index (κ3) is 6.96. The first-order valence-corrected chi connectivity index (χ1v) is 16.4. The number of nitrogens with two attached hydrogens (primary N) is 1. The predicted octanol–water partition coefficient (Wildman–Crippen LogP) is 5.99. The van der Waals surface area contributed by atoms with Crippen LogP contribution in [0.4, 0.5) is 0 Å². The number of carbonyl (C=O) groups excluding carboxylic acids is 2. The van der Waals surface area contributed by atoms with Crippen LogP contribution in [0.25, 0.3) is 16.9 Å². The van der Waals surface area contributed by atoms with E-state index in [1.165, 1.54) is 0 Å². The second-order valence-corrected chi connectivity index (χ2v) is 12.8. The second kappa shape index (κ2) is 14.7. The molecule has 0 bridgehead atoms. The molecule has 2 aliphatic heterocycles. The summed E-state index contributed by atoms with van der Waals surface area (Å²) in [5.41, 5.74) is 8.99. The Morgan fingerprint density at radius 3 is 2.20 bits per heavy atom. The van der Waals surface area contributed by atoms with E-state index >= 15 is 0 Å². The molecule has 0 aliphatic carbocycles. The summed E-state index contributed by atoms with van der Waals surface area (Å²) >= 11 is 19.2. The maximum atomic E-state index is 14.4. The number of halogens is 3. The molecule has 236 valence electrons. The van der Waals surface area contributed by atoms with E-state index in [0.29, 0.717) is 66.0 Å². The zero-order chi connectivity index (χ0) is 31.3. The number of hydrogen-bond donors (Lipinski definition) is 2. The van der Waals surface area contributed by atoms with Crippen LogP contribution in [0.3, 0.4) is 0 Å². The Balaban J connectivity index is 1.53. The van der Waals surface area contributed by atoms with Crippen molar-refractivity contribution in [2.24, 2.45) is 5.73 Å². The van der Waals surface area contributed by atoms with Crippen molar-refractivity contribution in [1.82, 2.24) is 14.4 Å². The maximum absolute atomic E-state index is 14.4. The normalized spacial score (nSPS) is 17.1. The van der Waals surface area contributed by atoms with Crippen molar-refractivity contribution in [1.29, 1.82) is 0 Å². The van der Waals surface area contributed by atoms with Crippen LogP contribution in [0.2, 0.25) is 15.1 Å². The third-order valence-corrected chi connectivity index (χ3v) is 9.66. The molecule has 3 N–H and O–H groups in total. The summed E-state index contributed by atoms with van der Waals surface area (Å²) in [5.74, 6) is -0.407. The Morgan fingerprint density at radius 2 is 1.57 bits per heavy atom. The molecule has 2 aromatic carbocycles. The number of nitrogens with zero attached hydrogens (tertiary/aromatic N) is 3. The molecule has 5 rings (SSSR count). The highest BCUT2D eigenvalue weighted by molar-refractivity contribution is 6.36. The fourth-order valence-corrected chi connectivity index (χ4v) is 7.19. The van der Waals surface area contributed by atoms with Gasteiger partial charge in [-0.25, -0.2) is 0 Å². The number of primary amides is 1. The molecule has 2 saturated heterocycles. The predicted molar refractivity (Wildman–Crippen MR) is 175 cm³/mol. The van der Waals surface area contributed by atoms with E-state index in [2.05, 4.69) is 9.47 Å². The molecule has 0 atom stereocenters. The molecule has 0 radical (unpaired) electrons. The van der Waals surface area contributed by atoms with Crippen LogP contribution in [0, 0.1) is 0 Å². The van der Waals surface area contributed by atoms with Crippen LogP contribution in [-0.4, -0.2) is 82.8 Å². The van der Waals surface area contributed by atoms with Gasteiger partial charge in [0.05, 0.1) is 29.5 Å². The van der Waals surface area contributed by atoms with Crippen LogP contribution in [0.15, 0.2) is 48.5 Å². The van der Waals surface area contributed by atoms with Crippen LogP contribution in [0.5, 0.6) is 0 Å². The molecule has 1 aromatic heterocycles. The summed E-state index contributed by atoms with van der Waals surface area (Å²) < 4.78 is 7.60. The van der Waals surface area contributed by atoms with E-state index in [9.17, 15) is 9.59 Å². The summed E-state index contributed by atoms with van der Waals surface area (Å²) in [6, 6.07) is 14.7. The minimum Gasteiger partial charge on any atom is -0.394 e. The number of hydrogen-bond acceptors (Lipinski definition) is 5. The number of carbonyl (C=O) groups is 2. The monoisotopic (exact) mass is 660 g/mol. The van der Waals surface area contributed by atoms with E-state index in [0.717, 1.165) is 55.0 Å². The summed E-state index contributed by atoms with van der Waals surface area (Å²) in [7, 11) is 0. The van der Waals surface area contributed by atoms with Crippen molar-refractivity contribution >= 4 is 46.6 Å². The Labute approximate surface area is 273 Å². The molecule has 44 heavy (non-hydrogen) atoms. The van der Waals surface area contributed by atoms with Gasteiger partial charge in [0.1, 0.15) is 5.54 Å². The van der Waals surface area contributed by atoms with E-state index < -0.39 is 5.54 Å². The van der Waals surface area contributed by atoms with Crippen molar-refractivity contribution < 1.29 is 19.4 Å². The summed E-state index contributed by atoms with van der Waals surface area (Å²) in [6.07, 6.45) is 5.44. The minimum atomic E-state index is -0.721. The zero-order valence-electron chi connectivity index (χ0n) is 24.7. The number of aliphatic hydroxyl groups is 1. The number of benzene rings is 2. The van der Waals surface area contributed by atoms with Crippen molar-refractivity contribution in [3.05, 3.63) is 74.9 Å². The maximum Gasteiger partial charge on any atom is 0.255 e. The molecule has 2 amide bonds. The van der Waals surface area contributed by atoms with E-state index in [-0.39, 0.29) is 25.0 Å². The average molecular weight is 662 g/mol. The smallest absolute Gasteiger partial charge is 0.255 e. The molecule has 11 heteroatoms. The molecule has 2 aliphatic rings. The van der Waals surface area contributed by atoms with Gasteiger partial charge >= 0.3 is 0 Å². The van der Waals surface area contributed by atoms with Gasteiger partial charge in [0.15, 0.2) is 0 Å². The number of aliphatic hydroxyl groups excluding tert-OH is 1. The lowest BCUT2D eigenvalue weighted by Crippen LogP contribution is -2.63. The lowest BCUT2D eigenvalue weighted by atomic mass is 9.83. The van der Waals surface area contributed by atoms with Gasteiger partial charge in [-0.05, 0) is 100 Å². The first-order valence-electron chi connectivity index (χ1n) is 15.2. The molecule has 0 spiro atoms. The van der Waals surface area contributed by atoms with Crippen molar-refractivity contribution in [3.63, 3.8) is 0 Å². The van der Waals surface area contributed by atoms with E-state index in [1.807, 2.05) is 41.3 Å². The zero-order valence-corrected chi connectivity index (χ0v) is 27.0. The van der Waals surface area contributed by atoms with Crippen LogP contribution >= 0.6 is 34.8 Å². The fourth-order valence-electron chi connectivity index (χ4n) is 6.56. The molecule has 0 saturated carbocycles. The molecule has 8 nitrogen and oxygen atoms in total. The van der Waals surface area contributed by atoms with Crippen LogP contribution < -0.4 is 5.73 Å². The van der Waals surface area contributed by atoms with Crippen molar-refractivity contribution in [2.75, 3.05) is 46.0 Å². The fraction of sp³-hybridized carbons (Fsp3) is 0.455. The van der Waals surface area contributed by atoms with Crippen molar-refractivity contribution in [2.45, 2.75) is 50.5 Å².